The van der Waals surface area contributed by atoms with Crippen LogP contribution in [0.4, 0.5) is 0 Å². The molecule has 1 saturated heterocycles. The zero-order valence-electron chi connectivity index (χ0n) is 11.9. The second kappa shape index (κ2) is 7.09. The van der Waals surface area contributed by atoms with Crippen molar-refractivity contribution in [1.29, 1.82) is 0 Å². The molecule has 0 aromatic carbocycles. The Hall–Kier alpha value is -0.340. The molecule has 0 aliphatic carbocycles. The van der Waals surface area contributed by atoms with Crippen molar-refractivity contribution in [3.8, 4) is 0 Å². The number of hydrogen-bond acceptors (Lipinski definition) is 7. The molecule has 0 aromatic rings. The van der Waals surface area contributed by atoms with Gasteiger partial charge in [-0.1, -0.05) is 32.0 Å². The average molecular weight is 304 g/mol. The molecule has 1 fully saturated rings. The molecule has 0 radical (unpaired) electrons. The third-order valence-electron chi connectivity index (χ3n) is 3.59. The highest BCUT2D eigenvalue weighted by atomic mass is 32.2. The van der Waals surface area contributed by atoms with E-state index in [4.69, 9.17) is 4.74 Å². The molecular weight excluding hydrogens is 280 g/mol. The predicted molar refractivity (Wildman–Crippen MR) is 78.7 cm³/mol. The van der Waals surface area contributed by atoms with Crippen molar-refractivity contribution in [3.05, 3.63) is 0 Å². The van der Waals surface area contributed by atoms with Crippen LogP contribution in [0.5, 0.6) is 0 Å². The zero-order chi connectivity index (χ0) is 14.7. The number of fused-ring (bicyclic) bond motifs is 1. The second-order valence-electron chi connectivity index (χ2n) is 5.28. The largest absolute Gasteiger partial charge is 0.390 e. The first kappa shape index (κ1) is 16.0. The summed E-state index contributed by atoms with van der Waals surface area (Å²) in [5, 5.41) is 34.2. The van der Waals surface area contributed by atoms with Gasteiger partial charge in [0.15, 0.2) is 5.17 Å². The fourth-order valence-corrected chi connectivity index (χ4v) is 3.61. The van der Waals surface area contributed by atoms with E-state index in [2.05, 4.69) is 17.2 Å². The van der Waals surface area contributed by atoms with Crippen LogP contribution < -0.4 is 5.32 Å². The highest BCUT2D eigenvalue weighted by Crippen LogP contribution is 2.37. The number of nitrogens with zero attached hydrogens (tertiary/aromatic N) is 1. The molecule has 0 unspecified atom stereocenters. The standard InChI is InChI=1S/C13H24N2O4S/c1-3-5-7(16)11-10(18)9(17)8-12(19-11)20-13(15-8)14-6-4-2/h7-12,16-18H,3-6H2,1-2H3,(H,14,15)/t7-,8+,9+,10-,11+,12+/m0/s1. The summed E-state index contributed by atoms with van der Waals surface area (Å²) in [5.41, 5.74) is -0.343. The summed E-state index contributed by atoms with van der Waals surface area (Å²) in [7, 11) is 0. The van der Waals surface area contributed by atoms with E-state index in [0.717, 1.165) is 24.6 Å². The molecule has 116 valence electrons. The van der Waals surface area contributed by atoms with Crippen LogP contribution in [0.15, 0.2) is 4.99 Å². The lowest BCUT2D eigenvalue weighted by atomic mass is 9.93. The van der Waals surface area contributed by atoms with Gasteiger partial charge in [0, 0.05) is 6.54 Å². The van der Waals surface area contributed by atoms with Crippen molar-refractivity contribution >= 4 is 16.9 Å². The number of thioether (sulfide) groups is 1. The Morgan fingerprint density at radius 2 is 2.05 bits per heavy atom. The summed E-state index contributed by atoms with van der Waals surface area (Å²) in [6, 6.07) is -0.473. The van der Waals surface area contributed by atoms with Crippen LogP contribution in [0.2, 0.25) is 0 Å². The molecule has 2 aliphatic heterocycles. The maximum atomic E-state index is 10.2. The van der Waals surface area contributed by atoms with E-state index in [1.54, 1.807) is 0 Å². The minimum Gasteiger partial charge on any atom is -0.390 e. The molecule has 20 heavy (non-hydrogen) atoms. The maximum absolute atomic E-state index is 10.2. The van der Waals surface area contributed by atoms with Crippen LogP contribution in [0.1, 0.15) is 33.1 Å². The highest BCUT2D eigenvalue weighted by molar-refractivity contribution is 8.14. The average Bonchev–Trinajstić information content (AvgIpc) is 2.84. The van der Waals surface area contributed by atoms with Crippen LogP contribution in [-0.2, 0) is 4.74 Å². The van der Waals surface area contributed by atoms with Gasteiger partial charge in [-0.05, 0) is 12.8 Å². The summed E-state index contributed by atoms with van der Waals surface area (Å²) in [6.45, 7) is 4.83. The summed E-state index contributed by atoms with van der Waals surface area (Å²) in [5.74, 6) is 0. The van der Waals surface area contributed by atoms with Crippen molar-refractivity contribution in [3.63, 3.8) is 0 Å². The number of aliphatic imine (C=N–C) groups is 1. The lowest BCUT2D eigenvalue weighted by molar-refractivity contribution is -0.185. The molecule has 0 saturated carbocycles. The number of aliphatic hydroxyl groups is 3. The van der Waals surface area contributed by atoms with Gasteiger partial charge in [0.1, 0.15) is 29.8 Å². The van der Waals surface area contributed by atoms with Gasteiger partial charge >= 0.3 is 0 Å². The first-order valence-corrected chi connectivity index (χ1v) is 8.14. The van der Waals surface area contributed by atoms with E-state index in [1.165, 1.54) is 11.8 Å². The molecular formula is C13H24N2O4S. The summed E-state index contributed by atoms with van der Waals surface area (Å²) in [4.78, 5) is 4.37. The van der Waals surface area contributed by atoms with Gasteiger partial charge in [-0.2, -0.15) is 0 Å². The maximum Gasteiger partial charge on any atom is 0.159 e. The Morgan fingerprint density at radius 3 is 2.70 bits per heavy atom. The number of aliphatic hydroxyl groups excluding tert-OH is 3. The third kappa shape index (κ3) is 3.28. The minimum atomic E-state index is -1.10. The number of hydrogen-bond donors (Lipinski definition) is 4. The lowest BCUT2D eigenvalue weighted by Crippen LogP contribution is -2.58. The van der Waals surface area contributed by atoms with E-state index in [1.807, 2.05) is 6.92 Å². The second-order valence-corrected chi connectivity index (χ2v) is 6.36. The number of nitrogens with one attached hydrogen (secondary N) is 1. The van der Waals surface area contributed by atoms with Gasteiger partial charge < -0.3 is 25.4 Å². The monoisotopic (exact) mass is 304 g/mol. The quantitative estimate of drug-likeness (QED) is 0.574. The van der Waals surface area contributed by atoms with E-state index < -0.39 is 30.5 Å². The Kier molecular flexibility index (Phi) is 5.68. The van der Waals surface area contributed by atoms with Gasteiger partial charge in [0.05, 0.1) is 6.10 Å². The molecule has 2 aliphatic rings. The fourth-order valence-electron chi connectivity index (χ4n) is 2.48. The SMILES string of the molecule is CCCNC1=N[C@@H]2[C@@H](O)[C@H](O)[C@@H]([C@@H](O)CCC)O[C@@H]2S1. The van der Waals surface area contributed by atoms with E-state index in [0.29, 0.717) is 6.42 Å². The van der Waals surface area contributed by atoms with Crippen LogP contribution in [-0.4, -0.2) is 62.9 Å². The van der Waals surface area contributed by atoms with Crippen molar-refractivity contribution in [2.45, 2.75) is 69.0 Å². The normalized spacial score (nSPS) is 38.2. The Morgan fingerprint density at radius 1 is 1.30 bits per heavy atom. The summed E-state index contributed by atoms with van der Waals surface area (Å²) < 4.78 is 5.77. The molecule has 2 rings (SSSR count). The molecule has 0 spiro atoms. The van der Waals surface area contributed by atoms with Crippen LogP contribution in [0, 0.1) is 0 Å². The molecule has 0 bridgehead atoms. The van der Waals surface area contributed by atoms with Crippen molar-refractivity contribution in [2.24, 2.45) is 4.99 Å². The highest BCUT2D eigenvalue weighted by Gasteiger charge is 2.49. The molecule has 0 amide bonds. The molecule has 2 heterocycles. The van der Waals surface area contributed by atoms with E-state index in [9.17, 15) is 15.3 Å². The predicted octanol–water partition coefficient (Wildman–Crippen LogP) is 0.0651. The molecule has 7 heteroatoms. The molecule has 4 N–H and O–H groups in total. The van der Waals surface area contributed by atoms with Gasteiger partial charge in [-0.15, -0.1) is 0 Å². The van der Waals surface area contributed by atoms with Crippen molar-refractivity contribution in [2.75, 3.05) is 6.54 Å². The van der Waals surface area contributed by atoms with Gasteiger partial charge in [-0.3, -0.25) is 4.99 Å². The smallest absolute Gasteiger partial charge is 0.159 e. The minimum absolute atomic E-state index is 0.343. The number of ether oxygens (including phenoxy) is 1. The van der Waals surface area contributed by atoms with Crippen LogP contribution in [0.25, 0.3) is 0 Å². The lowest BCUT2D eigenvalue weighted by Gasteiger charge is -2.40. The first-order chi connectivity index (χ1) is 9.58. The van der Waals surface area contributed by atoms with Crippen LogP contribution >= 0.6 is 11.8 Å². The topological polar surface area (TPSA) is 94.3 Å². The molecule has 0 aromatic heterocycles. The summed E-state index contributed by atoms with van der Waals surface area (Å²) >= 11 is 1.41. The van der Waals surface area contributed by atoms with Crippen molar-refractivity contribution < 1.29 is 20.1 Å². The van der Waals surface area contributed by atoms with Gasteiger partial charge in [-0.25, -0.2) is 0 Å². The van der Waals surface area contributed by atoms with Gasteiger partial charge in [0.2, 0.25) is 0 Å². The number of amidine groups is 1. The van der Waals surface area contributed by atoms with Gasteiger partial charge in [0.25, 0.3) is 0 Å². The van der Waals surface area contributed by atoms with Crippen LogP contribution in [0.3, 0.4) is 0 Å². The molecule has 6 atom stereocenters. The Balaban J connectivity index is 2.01. The number of rotatable bonds is 5. The Labute approximate surface area is 123 Å². The summed E-state index contributed by atoms with van der Waals surface area (Å²) in [6.07, 6.45) is -1.30. The van der Waals surface area contributed by atoms with E-state index >= 15 is 0 Å². The zero-order valence-corrected chi connectivity index (χ0v) is 12.7. The third-order valence-corrected chi connectivity index (χ3v) is 4.69. The Bertz CT molecular complexity index is 355. The van der Waals surface area contributed by atoms with E-state index in [-0.39, 0.29) is 5.44 Å². The molecule has 6 nitrogen and oxygen atoms in total. The fraction of sp³-hybridized carbons (Fsp3) is 0.923. The first-order valence-electron chi connectivity index (χ1n) is 7.26. The van der Waals surface area contributed by atoms with Crippen molar-refractivity contribution in [1.82, 2.24) is 5.32 Å².